The fourth-order valence-corrected chi connectivity index (χ4v) is 3.39. The first-order valence-electron chi connectivity index (χ1n) is 9.63. The molecule has 2 aromatic heterocycles. The molecule has 1 fully saturated rings. The molecule has 3 heterocycles. The monoisotopic (exact) mass is 383 g/mol. The van der Waals surface area contributed by atoms with E-state index in [9.17, 15) is 0 Å². The molecule has 1 aromatic carbocycles. The lowest BCUT2D eigenvalue weighted by atomic mass is 9.98. The minimum Gasteiger partial charge on any atom is -0.458 e. The van der Waals surface area contributed by atoms with Crippen molar-refractivity contribution in [1.29, 1.82) is 0 Å². The molecular formula is C22H22BN5O. The third-order valence-corrected chi connectivity index (χ3v) is 5.23. The third-order valence-electron chi connectivity index (χ3n) is 5.23. The van der Waals surface area contributed by atoms with Gasteiger partial charge in [0.05, 0.1) is 11.9 Å². The summed E-state index contributed by atoms with van der Waals surface area (Å²) in [7, 11) is 2.15. The Morgan fingerprint density at radius 2 is 2.21 bits per heavy atom. The summed E-state index contributed by atoms with van der Waals surface area (Å²) in [5, 5.41) is 5.82. The highest BCUT2D eigenvalue weighted by molar-refractivity contribution is 6.05. The molecule has 4 rings (SSSR count). The molecule has 1 saturated heterocycles. The zero-order valence-corrected chi connectivity index (χ0v) is 16.6. The van der Waals surface area contributed by atoms with Crippen molar-refractivity contribution in [2.75, 3.05) is 6.54 Å². The Balaban J connectivity index is 1.61. The number of hydrogen-bond acceptors (Lipinski definition) is 5. The van der Waals surface area contributed by atoms with Gasteiger partial charge in [0.15, 0.2) is 13.6 Å². The van der Waals surface area contributed by atoms with E-state index in [4.69, 9.17) is 16.3 Å². The van der Waals surface area contributed by atoms with Crippen molar-refractivity contribution in [3.05, 3.63) is 60.8 Å². The van der Waals surface area contributed by atoms with Crippen LogP contribution in [0.4, 0.5) is 0 Å². The van der Waals surface area contributed by atoms with Crippen LogP contribution in [0.5, 0.6) is 5.75 Å². The van der Waals surface area contributed by atoms with Crippen LogP contribution in [0.1, 0.15) is 13.3 Å². The van der Waals surface area contributed by atoms with Crippen LogP contribution in [0.25, 0.3) is 22.3 Å². The van der Waals surface area contributed by atoms with E-state index in [0.29, 0.717) is 11.8 Å². The molecule has 144 valence electrons. The Labute approximate surface area is 171 Å². The average molecular weight is 383 g/mol. The van der Waals surface area contributed by atoms with Gasteiger partial charge in [0, 0.05) is 17.8 Å². The summed E-state index contributed by atoms with van der Waals surface area (Å²) >= 11 is 0. The Hall–Kier alpha value is -3.37. The van der Waals surface area contributed by atoms with Gasteiger partial charge in [-0.3, -0.25) is 0 Å². The van der Waals surface area contributed by atoms with Gasteiger partial charge in [0.1, 0.15) is 23.5 Å². The topological polar surface area (TPSA) is 56.1 Å². The SMILES string of the molecule is BN1CC[C@@H]1Cn1nc(-c2ccc(OC(/C=C\C#C)=C/C)cc2)c2cncnc21. The second-order valence-corrected chi connectivity index (χ2v) is 7.03. The van der Waals surface area contributed by atoms with Crippen LogP contribution in [-0.2, 0) is 6.54 Å². The van der Waals surface area contributed by atoms with E-state index in [2.05, 4.69) is 28.7 Å². The smallest absolute Gasteiger partial charge is 0.185 e. The maximum Gasteiger partial charge on any atom is 0.185 e. The molecule has 0 amide bonds. The van der Waals surface area contributed by atoms with Gasteiger partial charge < -0.3 is 9.55 Å². The first-order valence-corrected chi connectivity index (χ1v) is 9.63. The summed E-state index contributed by atoms with van der Waals surface area (Å²) in [6.07, 6.45) is 15.1. The minimum atomic E-state index is 0.506. The highest BCUT2D eigenvalue weighted by atomic mass is 16.5. The Morgan fingerprint density at radius 1 is 1.38 bits per heavy atom. The van der Waals surface area contributed by atoms with E-state index in [1.54, 1.807) is 18.5 Å². The predicted molar refractivity (Wildman–Crippen MR) is 117 cm³/mol. The number of aromatic nitrogens is 4. The van der Waals surface area contributed by atoms with Crippen LogP contribution in [0.15, 0.2) is 60.8 Å². The summed E-state index contributed by atoms with van der Waals surface area (Å²) in [6.45, 7) is 3.87. The van der Waals surface area contributed by atoms with Crippen molar-refractivity contribution in [1.82, 2.24) is 24.6 Å². The molecule has 29 heavy (non-hydrogen) atoms. The number of nitrogens with zero attached hydrogens (tertiary/aromatic N) is 5. The molecule has 1 aliphatic rings. The zero-order chi connectivity index (χ0) is 20.2. The first-order chi connectivity index (χ1) is 14.2. The highest BCUT2D eigenvalue weighted by Gasteiger charge is 2.25. The molecule has 1 aliphatic heterocycles. The zero-order valence-electron chi connectivity index (χ0n) is 16.6. The lowest BCUT2D eigenvalue weighted by Gasteiger charge is -2.38. The lowest BCUT2D eigenvalue weighted by molar-refractivity contribution is 0.181. The third kappa shape index (κ3) is 3.93. The summed E-state index contributed by atoms with van der Waals surface area (Å²) in [5.41, 5.74) is 2.75. The molecule has 0 aliphatic carbocycles. The normalized spacial score (nSPS) is 17.4. The van der Waals surface area contributed by atoms with Gasteiger partial charge >= 0.3 is 0 Å². The fourth-order valence-electron chi connectivity index (χ4n) is 3.39. The molecule has 0 N–H and O–H groups in total. The second kappa shape index (κ2) is 8.33. The molecule has 3 aromatic rings. The van der Waals surface area contributed by atoms with E-state index in [-0.39, 0.29) is 0 Å². The highest BCUT2D eigenvalue weighted by Crippen LogP contribution is 2.29. The second-order valence-electron chi connectivity index (χ2n) is 7.03. The van der Waals surface area contributed by atoms with Gasteiger partial charge in [-0.15, -0.1) is 6.42 Å². The van der Waals surface area contributed by atoms with Crippen molar-refractivity contribution in [3.8, 4) is 29.4 Å². The molecule has 0 saturated carbocycles. The van der Waals surface area contributed by atoms with E-state index in [1.807, 2.05) is 48.1 Å². The number of hydrogen-bond donors (Lipinski definition) is 0. The lowest BCUT2D eigenvalue weighted by Crippen LogP contribution is -2.48. The maximum atomic E-state index is 5.86. The van der Waals surface area contributed by atoms with Crippen LogP contribution in [0.3, 0.4) is 0 Å². The quantitative estimate of drug-likeness (QED) is 0.284. The number of rotatable bonds is 6. The molecule has 0 unspecified atom stereocenters. The molecule has 0 bridgehead atoms. The van der Waals surface area contributed by atoms with Gasteiger partial charge in [-0.1, -0.05) is 5.92 Å². The summed E-state index contributed by atoms with van der Waals surface area (Å²) in [5.74, 6) is 3.90. The van der Waals surface area contributed by atoms with Crippen LogP contribution in [0, 0.1) is 12.3 Å². The van der Waals surface area contributed by atoms with E-state index < -0.39 is 0 Å². The van der Waals surface area contributed by atoms with Crippen molar-refractivity contribution < 1.29 is 4.74 Å². The molecule has 0 spiro atoms. The van der Waals surface area contributed by atoms with E-state index in [1.165, 1.54) is 6.42 Å². The van der Waals surface area contributed by atoms with Crippen LogP contribution in [0.2, 0.25) is 0 Å². The fraction of sp³-hybridized carbons (Fsp3) is 0.227. The standard InChI is InChI=1S/C22H22BN5O/c1-3-5-6-18(4-2)29-19-9-7-16(8-10-19)21-20-13-24-15-25-22(20)28(26-21)14-17-11-12-27(17)23/h1,4-10,13,15,17H,11-12,14,23H2,2H3/b6-5-,18-4+/t17-/m1/s1. The van der Waals surface area contributed by atoms with Gasteiger partial charge in [0.25, 0.3) is 0 Å². The molecular weight excluding hydrogens is 361 g/mol. The number of benzene rings is 1. The van der Waals surface area contributed by atoms with Crippen LogP contribution in [-0.4, -0.2) is 45.1 Å². The Bertz CT molecular complexity index is 1110. The summed E-state index contributed by atoms with van der Waals surface area (Å²) in [6, 6.07) is 8.37. The summed E-state index contributed by atoms with van der Waals surface area (Å²) in [4.78, 5) is 11.0. The molecule has 7 heteroatoms. The number of allylic oxidation sites excluding steroid dienone is 3. The van der Waals surface area contributed by atoms with Gasteiger partial charge in [0.2, 0.25) is 0 Å². The Morgan fingerprint density at radius 3 is 2.86 bits per heavy atom. The van der Waals surface area contributed by atoms with Gasteiger partial charge in [-0.05, 0) is 62.4 Å². The molecule has 1 atom stereocenters. The van der Waals surface area contributed by atoms with E-state index in [0.717, 1.165) is 41.1 Å². The maximum absolute atomic E-state index is 5.86. The van der Waals surface area contributed by atoms with Gasteiger partial charge in [-0.25, -0.2) is 14.6 Å². The Kier molecular flexibility index (Phi) is 5.45. The van der Waals surface area contributed by atoms with Crippen molar-refractivity contribution >= 4 is 19.0 Å². The number of terminal acetylenes is 1. The minimum absolute atomic E-state index is 0.506. The van der Waals surface area contributed by atoms with Gasteiger partial charge in [-0.2, -0.15) is 5.10 Å². The molecule has 0 radical (unpaired) electrons. The van der Waals surface area contributed by atoms with Crippen molar-refractivity contribution in [2.45, 2.75) is 25.9 Å². The average Bonchev–Trinajstić information content (AvgIpc) is 3.13. The largest absolute Gasteiger partial charge is 0.458 e. The first kappa shape index (κ1) is 19.0. The number of ether oxygens (including phenoxy) is 1. The molecule has 6 nitrogen and oxygen atoms in total. The predicted octanol–water partition coefficient (Wildman–Crippen LogP) is 2.59. The van der Waals surface area contributed by atoms with Crippen molar-refractivity contribution in [3.63, 3.8) is 0 Å². The van der Waals surface area contributed by atoms with E-state index >= 15 is 0 Å². The van der Waals surface area contributed by atoms with Crippen molar-refractivity contribution in [2.24, 2.45) is 0 Å². The van der Waals surface area contributed by atoms with Crippen LogP contribution >= 0.6 is 0 Å². The number of fused-ring (bicyclic) bond motifs is 1. The van der Waals surface area contributed by atoms with Crippen LogP contribution < -0.4 is 4.74 Å². The summed E-state index contributed by atoms with van der Waals surface area (Å²) < 4.78 is 7.86.